The highest BCUT2D eigenvalue weighted by molar-refractivity contribution is 5.86. The van der Waals surface area contributed by atoms with Crippen molar-refractivity contribution >= 4 is 16.5 Å². The third-order valence-corrected chi connectivity index (χ3v) is 6.12. The first-order valence-electron chi connectivity index (χ1n) is 11.7. The van der Waals surface area contributed by atoms with Crippen LogP contribution < -0.4 is 16.4 Å². The number of hydrogen-bond acceptors (Lipinski definition) is 6. The van der Waals surface area contributed by atoms with Gasteiger partial charge in [-0.05, 0) is 50.3 Å². The number of nitrogens with zero attached hydrogens (tertiary/aromatic N) is 4. The Labute approximate surface area is 216 Å². The molecule has 8 nitrogen and oxygen atoms in total. The van der Waals surface area contributed by atoms with E-state index >= 15 is 0 Å². The number of aromatic nitrogens is 5. The Morgan fingerprint density at radius 3 is 2.33 bits per heavy atom. The Hall–Kier alpha value is -4.23. The molecule has 1 atom stereocenters. The minimum atomic E-state index is -4.85. The van der Waals surface area contributed by atoms with Gasteiger partial charge in [0.15, 0.2) is 5.82 Å². The Morgan fingerprint density at radius 1 is 1.00 bits per heavy atom. The van der Waals surface area contributed by atoms with E-state index < -0.39 is 40.8 Å². The fraction of sp³-hybridized carbons (Fsp3) is 0.320. The van der Waals surface area contributed by atoms with Gasteiger partial charge in [0.05, 0.1) is 17.4 Å². The molecule has 0 aliphatic carbocycles. The maximum atomic E-state index is 13.3. The Bertz CT molecular complexity index is 1610. The monoisotopic (exact) mass is 552 g/mol. The molecule has 0 aliphatic heterocycles. The lowest BCUT2D eigenvalue weighted by Crippen LogP contribution is -2.27. The highest BCUT2D eigenvalue weighted by Crippen LogP contribution is 2.32. The van der Waals surface area contributed by atoms with E-state index in [0.29, 0.717) is 47.3 Å². The summed E-state index contributed by atoms with van der Waals surface area (Å²) < 4.78 is 79.7. The number of aromatic amines is 1. The molecule has 0 radical (unpaired) electrons. The topological polar surface area (TPSA) is 106 Å². The lowest BCUT2D eigenvalue weighted by atomic mass is 10.1. The summed E-state index contributed by atoms with van der Waals surface area (Å²) in [5.41, 5.74) is -3.31. The summed E-state index contributed by atoms with van der Waals surface area (Å²) in [7, 11) is 0. The SMILES string of the molecule is Cc1cc2cc(-c3ncc(C(F)(F)F)cn3)ccc2c(=O)n1CCC[C@H](C)Nc1cn[nH]c(=O)c1C(F)(F)F. The molecule has 3 heterocycles. The predicted molar refractivity (Wildman–Crippen MR) is 131 cm³/mol. The summed E-state index contributed by atoms with van der Waals surface area (Å²) in [5, 5.41) is 8.83. The molecule has 4 rings (SSSR count). The second-order valence-electron chi connectivity index (χ2n) is 9.01. The van der Waals surface area contributed by atoms with Gasteiger partial charge in [0.25, 0.3) is 11.1 Å². The van der Waals surface area contributed by atoms with Crippen molar-refractivity contribution in [1.82, 2.24) is 24.7 Å². The summed E-state index contributed by atoms with van der Waals surface area (Å²) in [5.74, 6) is 0.0810. The number of halogens is 6. The fourth-order valence-corrected chi connectivity index (χ4v) is 4.21. The summed E-state index contributed by atoms with van der Waals surface area (Å²) >= 11 is 0. The molecule has 3 aromatic heterocycles. The number of pyridine rings is 1. The molecule has 0 spiro atoms. The van der Waals surface area contributed by atoms with E-state index in [0.717, 1.165) is 6.20 Å². The van der Waals surface area contributed by atoms with Crippen LogP contribution in [0.2, 0.25) is 0 Å². The minimum absolute atomic E-state index is 0.0810. The van der Waals surface area contributed by atoms with Crippen molar-refractivity contribution in [1.29, 1.82) is 0 Å². The largest absolute Gasteiger partial charge is 0.423 e. The standard InChI is InChI=1S/C25H22F6N6O2/c1-13(35-19-12-34-36-22(38)20(19)25(29,30)31)4-3-7-37-14(2)8-16-9-15(5-6-18(16)23(37)39)21-32-10-17(11-33-21)24(26,27)28/h5-6,8-13H,3-4,7H2,1-2H3,(H2,35,36,38)/t13-/m0/s1. The van der Waals surface area contributed by atoms with E-state index in [1.165, 1.54) is 0 Å². The van der Waals surface area contributed by atoms with Crippen molar-refractivity contribution in [3.8, 4) is 11.4 Å². The van der Waals surface area contributed by atoms with Gasteiger partial charge in [-0.25, -0.2) is 15.1 Å². The maximum absolute atomic E-state index is 13.3. The Morgan fingerprint density at radius 2 is 1.69 bits per heavy atom. The van der Waals surface area contributed by atoms with E-state index in [1.54, 1.807) is 47.8 Å². The molecule has 1 aromatic carbocycles. The molecule has 206 valence electrons. The van der Waals surface area contributed by atoms with Crippen LogP contribution in [0.3, 0.4) is 0 Å². The third-order valence-electron chi connectivity index (χ3n) is 6.12. The summed E-state index contributed by atoms with van der Waals surface area (Å²) in [6, 6.07) is 6.01. The smallest absolute Gasteiger partial charge is 0.381 e. The molecule has 0 bridgehead atoms. The highest BCUT2D eigenvalue weighted by Gasteiger charge is 2.37. The van der Waals surface area contributed by atoms with E-state index in [2.05, 4.69) is 20.4 Å². The number of aryl methyl sites for hydroxylation is 1. The van der Waals surface area contributed by atoms with Crippen LogP contribution in [0.4, 0.5) is 32.0 Å². The van der Waals surface area contributed by atoms with E-state index in [4.69, 9.17) is 0 Å². The van der Waals surface area contributed by atoms with Crippen molar-refractivity contribution in [2.75, 3.05) is 5.32 Å². The van der Waals surface area contributed by atoms with Gasteiger partial charge in [0.2, 0.25) is 0 Å². The van der Waals surface area contributed by atoms with Gasteiger partial charge < -0.3 is 9.88 Å². The number of fused-ring (bicyclic) bond motifs is 1. The third kappa shape index (κ3) is 6.10. The molecule has 4 aromatic rings. The molecule has 14 heteroatoms. The van der Waals surface area contributed by atoms with Gasteiger partial charge in [-0.3, -0.25) is 9.59 Å². The minimum Gasteiger partial charge on any atom is -0.381 e. The van der Waals surface area contributed by atoms with Gasteiger partial charge in [0.1, 0.15) is 5.56 Å². The number of anilines is 1. The van der Waals surface area contributed by atoms with Crippen LogP contribution >= 0.6 is 0 Å². The van der Waals surface area contributed by atoms with Gasteiger partial charge in [-0.15, -0.1) is 0 Å². The first kappa shape index (κ1) is 27.8. The van der Waals surface area contributed by atoms with Crippen LogP contribution in [0.25, 0.3) is 22.2 Å². The van der Waals surface area contributed by atoms with Crippen LogP contribution in [0.1, 0.15) is 36.6 Å². The van der Waals surface area contributed by atoms with E-state index in [9.17, 15) is 35.9 Å². The lowest BCUT2D eigenvalue weighted by molar-refractivity contribution is -0.139. The van der Waals surface area contributed by atoms with E-state index in [-0.39, 0.29) is 17.9 Å². The predicted octanol–water partition coefficient (Wildman–Crippen LogP) is 5.17. The molecular formula is C25H22F6N6O2. The van der Waals surface area contributed by atoms with Gasteiger partial charge in [-0.2, -0.15) is 31.4 Å². The number of rotatable bonds is 7. The zero-order chi connectivity index (χ0) is 28.5. The van der Waals surface area contributed by atoms with Crippen LogP contribution in [0.15, 0.2) is 52.4 Å². The molecule has 0 saturated heterocycles. The number of H-pyrrole nitrogens is 1. The molecule has 0 amide bonds. The number of alkyl halides is 6. The van der Waals surface area contributed by atoms with Crippen molar-refractivity contribution in [2.45, 2.75) is 51.6 Å². The summed E-state index contributed by atoms with van der Waals surface area (Å²) in [6.07, 6.45) is -6.28. The van der Waals surface area contributed by atoms with Crippen LogP contribution in [-0.2, 0) is 18.9 Å². The second kappa shape index (κ2) is 10.5. The highest BCUT2D eigenvalue weighted by atomic mass is 19.4. The van der Waals surface area contributed by atoms with Crippen LogP contribution in [-0.4, -0.2) is 30.8 Å². The van der Waals surface area contributed by atoms with E-state index in [1.807, 2.05) is 0 Å². The second-order valence-corrected chi connectivity index (χ2v) is 9.01. The molecule has 0 aliphatic rings. The van der Waals surface area contributed by atoms with Crippen molar-refractivity contribution in [3.63, 3.8) is 0 Å². The molecule has 0 saturated carbocycles. The Balaban J connectivity index is 1.48. The van der Waals surface area contributed by atoms with Crippen LogP contribution in [0, 0.1) is 6.92 Å². The fourth-order valence-electron chi connectivity index (χ4n) is 4.21. The average Bonchev–Trinajstić information content (AvgIpc) is 2.84. The number of nitrogens with one attached hydrogen (secondary N) is 2. The maximum Gasteiger partial charge on any atom is 0.423 e. The quantitative estimate of drug-likeness (QED) is 0.307. The molecule has 39 heavy (non-hydrogen) atoms. The Kier molecular flexibility index (Phi) is 7.48. The molecule has 0 unspecified atom stereocenters. The summed E-state index contributed by atoms with van der Waals surface area (Å²) in [4.78, 5) is 32.3. The zero-order valence-electron chi connectivity index (χ0n) is 20.6. The zero-order valence-corrected chi connectivity index (χ0v) is 20.6. The van der Waals surface area contributed by atoms with Gasteiger partial charge in [-0.1, -0.05) is 6.07 Å². The van der Waals surface area contributed by atoms with Crippen molar-refractivity contribution in [2.24, 2.45) is 0 Å². The normalized spacial score (nSPS) is 13.0. The van der Waals surface area contributed by atoms with Crippen molar-refractivity contribution < 1.29 is 26.3 Å². The number of benzene rings is 1. The van der Waals surface area contributed by atoms with Gasteiger partial charge in [0, 0.05) is 41.6 Å². The average molecular weight is 552 g/mol. The first-order valence-corrected chi connectivity index (χ1v) is 11.7. The van der Waals surface area contributed by atoms with Gasteiger partial charge >= 0.3 is 12.4 Å². The molecule has 0 fully saturated rings. The summed E-state index contributed by atoms with van der Waals surface area (Å²) in [6.45, 7) is 3.67. The van der Waals surface area contributed by atoms with Crippen molar-refractivity contribution in [3.05, 3.63) is 80.4 Å². The lowest BCUT2D eigenvalue weighted by Gasteiger charge is -2.19. The first-order chi connectivity index (χ1) is 18.3. The number of hydrogen-bond donors (Lipinski definition) is 2. The molecule has 2 N–H and O–H groups in total. The van der Waals surface area contributed by atoms with Crippen LogP contribution in [0.5, 0.6) is 0 Å². The molecular weight excluding hydrogens is 530 g/mol.